The van der Waals surface area contributed by atoms with Gasteiger partial charge >= 0.3 is 5.97 Å². The number of imidazole rings is 1. The lowest BCUT2D eigenvalue weighted by molar-refractivity contribution is -0.151. The minimum absolute atomic E-state index is 0.0460. The number of nitrogens with zero attached hydrogens (tertiary/aromatic N) is 3. The predicted molar refractivity (Wildman–Crippen MR) is 114 cm³/mol. The van der Waals surface area contributed by atoms with E-state index in [1.54, 1.807) is 29.6 Å². The van der Waals surface area contributed by atoms with Gasteiger partial charge in [-0.2, -0.15) is 0 Å². The number of amides is 2. The minimum Gasteiger partial charge on any atom is -0.466 e. The number of rotatable bonds is 6. The molecule has 1 aromatic carbocycles. The van der Waals surface area contributed by atoms with Gasteiger partial charge in [0.15, 0.2) is 4.77 Å². The minimum atomic E-state index is -0.305. The summed E-state index contributed by atoms with van der Waals surface area (Å²) in [7, 11) is 1.59. The molecule has 8 nitrogen and oxygen atoms in total. The number of benzene rings is 1. The number of para-hydroxylation sites is 1. The number of aromatic amines is 1. The molecule has 3 rings (SSSR count). The Morgan fingerprint density at radius 1 is 1.20 bits per heavy atom. The molecule has 0 unspecified atom stereocenters. The highest BCUT2D eigenvalue weighted by Gasteiger charge is 2.29. The van der Waals surface area contributed by atoms with Gasteiger partial charge in [-0.05, 0) is 44.1 Å². The number of H-pyrrole nitrogens is 1. The number of carbonyl (C=O) groups excluding carboxylic acids is 3. The number of esters is 1. The molecule has 160 valence electrons. The van der Waals surface area contributed by atoms with Gasteiger partial charge in [0.25, 0.3) is 5.91 Å². The van der Waals surface area contributed by atoms with E-state index >= 15 is 0 Å². The lowest BCUT2D eigenvalue weighted by Gasteiger charge is -2.32. The largest absolute Gasteiger partial charge is 0.466 e. The van der Waals surface area contributed by atoms with Gasteiger partial charge in [0.1, 0.15) is 5.69 Å². The van der Waals surface area contributed by atoms with E-state index in [-0.39, 0.29) is 30.2 Å². The van der Waals surface area contributed by atoms with E-state index < -0.39 is 0 Å². The van der Waals surface area contributed by atoms with Crippen LogP contribution >= 0.6 is 12.2 Å². The molecular formula is C21H26N4O4S. The molecule has 1 aliphatic heterocycles. The molecule has 9 heteroatoms. The number of piperidine rings is 1. The van der Waals surface area contributed by atoms with Crippen molar-refractivity contribution in [3.05, 3.63) is 47.0 Å². The first kappa shape index (κ1) is 21.8. The normalized spacial score (nSPS) is 14.4. The SMILES string of the molecule is CCOC(=O)C1CCN(C(=O)CN(C)C(=O)c2c[nH]c(=S)n2-c2ccccc2)CC1. The molecule has 0 saturated carbocycles. The highest BCUT2D eigenvalue weighted by Crippen LogP contribution is 2.19. The standard InChI is InChI=1S/C21H26N4O4S/c1-3-29-20(28)15-9-11-24(12-10-15)18(26)14-23(2)19(27)17-13-22-21(30)25(17)16-7-5-4-6-8-16/h4-8,13,15H,3,9-12,14H2,1-2H3,(H,22,30). The van der Waals surface area contributed by atoms with Crippen molar-refractivity contribution in [2.24, 2.45) is 5.92 Å². The monoisotopic (exact) mass is 430 g/mol. The summed E-state index contributed by atoms with van der Waals surface area (Å²) in [5.74, 6) is -0.812. The Morgan fingerprint density at radius 3 is 2.50 bits per heavy atom. The average Bonchev–Trinajstić information content (AvgIpc) is 3.15. The summed E-state index contributed by atoms with van der Waals surface area (Å²) in [4.78, 5) is 43.5. The van der Waals surface area contributed by atoms with Crippen molar-refractivity contribution in [1.82, 2.24) is 19.4 Å². The number of aromatic nitrogens is 2. The van der Waals surface area contributed by atoms with Crippen LogP contribution in [0.15, 0.2) is 36.5 Å². The van der Waals surface area contributed by atoms with E-state index in [1.807, 2.05) is 30.3 Å². The summed E-state index contributed by atoms with van der Waals surface area (Å²) < 4.78 is 7.13. The van der Waals surface area contributed by atoms with Crippen LogP contribution in [0.25, 0.3) is 5.69 Å². The summed E-state index contributed by atoms with van der Waals surface area (Å²) in [5, 5.41) is 0. The zero-order chi connectivity index (χ0) is 21.7. The quantitative estimate of drug-likeness (QED) is 0.562. The van der Waals surface area contributed by atoms with Crippen LogP contribution in [0.5, 0.6) is 0 Å². The number of hydrogen-bond acceptors (Lipinski definition) is 5. The summed E-state index contributed by atoms with van der Waals surface area (Å²) >= 11 is 5.33. The first-order valence-electron chi connectivity index (χ1n) is 9.98. The number of nitrogens with one attached hydrogen (secondary N) is 1. The number of likely N-dealkylation sites (tertiary alicyclic amines) is 1. The van der Waals surface area contributed by atoms with E-state index in [1.165, 1.54) is 4.90 Å². The highest BCUT2D eigenvalue weighted by atomic mass is 32.1. The van der Waals surface area contributed by atoms with Gasteiger partial charge in [-0.1, -0.05) is 18.2 Å². The zero-order valence-corrected chi connectivity index (χ0v) is 18.0. The molecule has 2 amide bonds. The van der Waals surface area contributed by atoms with Gasteiger partial charge in [-0.3, -0.25) is 19.0 Å². The fraction of sp³-hybridized carbons (Fsp3) is 0.429. The average molecular weight is 431 g/mol. The van der Waals surface area contributed by atoms with Crippen LogP contribution in [0.4, 0.5) is 0 Å². The van der Waals surface area contributed by atoms with Crippen molar-refractivity contribution in [3.63, 3.8) is 0 Å². The molecule has 1 N–H and O–H groups in total. The first-order chi connectivity index (χ1) is 14.4. The van der Waals surface area contributed by atoms with Crippen molar-refractivity contribution in [2.45, 2.75) is 19.8 Å². The molecule has 1 saturated heterocycles. The molecule has 2 heterocycles. The molecule has 0 atom stereocenters. The van der Waals surface area contributed by atoms with Crippen LogP contribution < -0.4 is 0 Å². The molecule has 0 bridgehead atoms. The first-order valence-corrected chi connectivity index (χ1v) is 10.4. The van der Waals surface area contributed by atoms with Crippen LogP contribution in [-0.4, -0.2) is 70.4 Å². The second kappa shape index (κ2) is 9.71. The second-order valence-corrected chi connectivity index (χ2v) is 7.61. The third kappa shape index (κ3) is 4.79. The topological polar surface area (TPSA) is 87.6 Å². The lowest BCUT2D eigenvalue weighted by Crippen LogP contribution is -2.45. The molecule has 1 aromatic heterocycles. The fourth-order valence-corrected chi connectivity index (χ4v) is 3.82. The van der Waals surface area contributed by atoms with Crippen molar-refractivity contribution in [2.75, 3.05) is 33.3 Å². The Labute approximate surface area is 180 Å². The van der Waals surface area contributed by atoms with Crippen molar-refractivity contribution in [3.8, 4) is 5.69 Å². The maximum absolute atomic E-state index is 13.0. The predicted octanol–water partition coefficient (Wildman–Crippen LogP) is 2.41. The summed E-state index contributed by atoms with van der Waals surface area (Å²) in [5.41, 5.74) is 1.13. The van der Waals surface area contributed by atoms with Gasteiger partial charge in [-0.15, -0.1) is 0 Å². The molecule has 2 aromatic rings. The number of hydrogen-bond donors (Lipinski definition) is 1. The maximum Gasteiger partial charge on any atom is 0.309 e. The Bertz CT molecular complexity index is 961. The van der Waals surface area contributed by atoms with E-state index in [0.29, 0.717) is 43.0 Å². The molecule has 0 spiro atoms. The van der Waals surface area contributed by atoms with E-state index in [2.05, 4.69) is 4.98 Å². The highest BCUT2D eigenvalue weighted by molar-refractivity contribution is 7.71. The van der Waals surface area contributed by atoms with Crippen LogP contribution in [-0.2, 0) is 14.3 Å². The van der Waals surface area contributed by atoms with Gasteiger partial charge in [0.05, 0.1) is 19.1 Å². The summed E-state index contributed by atoms with van der Waals surface area (Å²) in [6, 6.07) is 9.34. The molecule has 1 fully saturated rings. The Hall–Kier alpha value is -2.94. The van der Waals surface area contributed by atoms with Crippen molar-refractivity contribution >= 4 is 30.0 Å². The van der Waals surface area contributed by atoms with Gasteiger partial charge in [0, 0.05) is 32.0 Å². The molecule has 1 aliphatic rings. The van der Waals surface area contributed by atoms with E-state index in [0.717, 1.165) is 5.69 Å². The molecule has 0 aliphatic carbocycles. The van der Waals surface area contributed by atoms with E-state index in [9.17, 15) is 14.4 Å². The number of likely N-dealkylation sites (N-methyl/N-ethyl adjacent to an activating group) is 1. The fourth-order valence-electron chi connectivity index (χ4n) is 3.55. The van der Waals surface area contributed by atoms with Crippen molar-refractivity contribution < 1.29 is 19.1 Å². The lowest BCUT2D eigenvalue weighted by atomic mass is 9.97. The maximum atomic E-state index is 13.0. The van der Waals surface area contributed by atoms with Gasteiger partial charge < -0.3 is 19.5 Å². The zero-order valence-electron chi connectivity index (χ0n) is 17.2. The third-order valence-corrected chi connectivity index (χ3v) is 5.50. The molecule has 30 heavy (non-hydrogen) atoms. The van der Waals surface area contributed by atoms with Gasteiger partial charge in [0.2, 0.25) is 5.91 Å². The third-order valence-electron chi connectivity index (χ3n) is 5.20. The summed E-state index contributed by atoms with van der Waals surface area (Å²) in [6.45, 7) is 3.06. The van der Waals surface area contributed by atoms with Crippen LogP contribution in [0.1, 0.15) is 30.3 Å². The summed E-state index contributed by atoms with van der Waals surface area (Å²) in [6.07, 6.45) is 2.71. The van der Waals surface area contributed by atoms with Crippen LogP contribution in [0, 0.1) is 10.7 Å². The smallest absolute Gasteiger partial charge is 0.309 e. The Balaban J connectivity index is 1.63. The molecular weight excluding hydrogens is 404 g/mol. The Morgan fingerprint density at radius 2 is 1.87 bits per heavy atom. The Kier molecular flexibility index (Phi) is 7.04. The second-order valence-electron chi connectivity index (χ2n) is 7.22. The molecule has 0 radical (unpaired) electrons. The van der Waals surface area contributed by atoms with Crippen LogP contribution in [0.3, 0.4) is 0 Å². The van der Waals surface area contributed by atoms with Crippen molar-refractivity contribution in [1.29, 1.82) is 0 Å². The number of carbonyl (C=O) groups is 3. The number of ether oxygens (including phenoxy) is 1. The van der Waals surface area contributed by atoms with E-state index in [4.69, 9.17) is 17.0 Å². The van der Waals surface area contributed by atoms with Gasteiger partial charge in [-0.25, -0.2) is 0 Å². The van der Waals surface area contributed by atoms with Crippen LogP contribution in [0.2, 0.25) is 0 Å².